The molecule has 0 saturated carbocycles. The summed E-state index contributed by atoms with van der Waals surface area (Å²) in [6.07, 6.45) is 1.59. The van der Waals surface area contributed by atoms with Gasteiger partial charge in [-0.3, -0.25) is 0 Å². The van der Waals surface area contributed by atoms with E-state index in [1.165, 1.54) is 0 Å². The third-order valence-electron chi connectivity index (χ3n) is 1.05. The fourth-order valence-corrected chi connectivity index (χ4v) is 0.742. The van der Waals surface area contributed by atoms with E-state index in [9.17, 15) is 0 Å². The maximum absolute atomic E-state index is 5.60. The zero-order valence-electron chi connectivity index (χ0n) is 5.92. The van der Waals surface area contributed by atoms with Crippen LogP contribution in [-0.4, -0.2) is 23.1 Å². The molecule has 0 unspecified atom stereocenters. The molecule has 0 aliphatic rings. The van der Waals surface area contributed by atoms with Crippen molar-refractivity contribution in [3.05, 3.63) is 17.4 Å². The summed E-state index contributed by atoms with van der Waals surface area (Å²) >= 11 is 5.60. The molecule has 0 spiro atoms. The number of nitrogens with two attached hydrogens (primary N) is 1. The Hall–Kier alpha value is -0.870. The molecule has 0 amide bonds. The Morgan fingerprint density at radius 2 is 2.45 bits per heavy atom. The minimum atomic E-state index is 0.430. The normalized spacial score (nSPS) is 9.64. The van der Waals surface area contributed by atoms with E-state index in [1.807, 2.05) is 0 Å². The first-order chi connectivity index (χ1) is 5.33. The number of nitrogens with one attached hydrogen (secondary N) is 1. The van der Waals surface area contributed by atoms with Crippen molar-refractivity contribution in [2.24, 2.45) is 5.73 Å². The van der Waals surface area contributed by atoms with E-state index in [2.05, 4.69) is 15.3 Å². The van der Waals surface area contributed by atoms with Crippen LogP contribution in [0.25, 0.3) is 0 Å². The smallest absolute Gasteiger partial charge is 0.224 e. The first-order valence-corrected chi connectivity index (χ1v) is 3.63. The van der Waals surface area contributed by atoms with Gasteiger partial charge in [0.1, 0.15) is 5.15 Å². The topological polar surface area (TPSA) is 63.8 Å². The zero-order chi connectivity index (χ0) is 8.10. The Morgan fingerprint density at radius 3 is 3.09 bits per heavy atom. The van der Waals surface area contributed by atoms with Crippen LogP contribution in [0.5, 0.6) is 0 Å². The van der Waals surface area contributed by atoms with Crippen LogP contribution >= 0.6 is 11.6 Å². The van der Waals surface area contributed by atoms with Gasteiger partial charge in [0.05, 0.1) is 0 Å². The standard InChI is InChI=1S/C6H9ClN4/c7-5-1-3-9-6(11-5)10-4-2-8/h1,3H,2,4,8H2,(H,9,10,11). The summed E-state index contributed by atoms with van der Waals surface area (Å²) in [5.41, 5.74) is 5.26. The number of nitrogens with zero attached hydrogens (tertiary/aromatic N) is 2. The molecule has 60 valence electrons. The number of hydrogen-bond acceptors (Lipinski definition) is 4. The van der Waals surface area contributed by atoms with Gasteiger partial charge in [0.2, 0.25) is 5.95 Å². The minimum Gasteiger partial charge on any atom is -0.353 e. The molecule has 0 atom stereocenters. The molecule has 0 aromatic carbocycles. The van der Waals surface area contributed by atoms with Crippen molar-refractivity contribution < 1.29 is 0 Å². The van der Waals surface area contributed by atoms with Gasteiger partial charge in [-0.05, 0) is 6.07 Å². The lowest BCUT2D eigenvalue weighted by molar-refractivity contribution is 0.989. The van der Waals surface area contributed by atoms with Gasteiger partial charge in [-0.2, -0.15) is 0 Å². The van der Waals surface area contributed by atoms with Crippen molar-refractivity contribution in [3.8, 4) is 0 Å². The molecule has 11 heavy (non-hydrogen) atoms. The van der Waals surface area contributed by atoms with Crippen LogP contribution in [0.3, 0.4) is 0 Å². The fourth-order valence-electron chi connectivity index (χ4n) is 0.606. The lowest BCUT2D eigenvalue weighted by Crippen LogP contribution is -2.14. The number of aromatic nitrogens is 2. The van der Waals surface area contributed by atoms with E-state index in [4.69, 9.17) is 17.3 Å². The number of halogens is 1. The molecule has 1 aromatic rings. The highest BCUT2D eigenvalue weighted by molar-refractivity contribution is 6.29. The molecule has 0 aliphatic heterocycles. The zero-order valence-corrected chi connectivity index (χ0v) is 6.67. The maximum atomic E-state index is 5.60. The van der Waals surface area contributed by atoms with Gasteiger partial charge in [-0.25, -0.2) is 9.97 Å². The lowest BCUT2D eigenvalue weighted by Gasteiger charge is -2.00. The maximum Gasteiger partial charge on any atom is 0.224 e. The summed E-state index contributed by atoms with van der Waals surface area (Å²) in [4.78, 5) is 7.81. The summed E-state index contributed by atoms with van der Waals surface area (Å²) < 4.78 is 0. The second-order valence-electron chi connectivity index (χ2n) is 1.92. The summed E-state index contributed by atoms with van der Waals surface area (Å²) in [5, 5.41) is 3.33. The van der Waals surface area contributed by atoms with Crippen molar-refractivity contribution in [1.82, 2.24) is 9.97 Å². The van der Waals surface area contributed by atoms with Gasteiger partial charge in [-0.1, -0.05) is 11.6 Å². The molecular formula is C6H9ClN4. The molecule has 0 aliphatic carbocycles. The molecule has 5 heteroatoms. The van der Waals surface area contributed by atoms with Crippen LogP contribution < -0.4 is 11.1 Å². The van der Waals surface area contributed by atoms with Gasteiger partial charge < -0.3 is 11.1 Å². The van der Waals surface area contributed by atoms with E-state index in [-0.39, 0.29) is 0 Å². The molecule has 0 bridgehead atoms. The Bertz CT molecular complexity index is 228. The number of rotatable bonds is 3. The largest absolute Gasteiger partial charge is 0.353 e. The van der Waals surface area contributed by atoms with Crippen LogP contribution in [-0.2, 0) is 0 Å². The molecule has 0 radical (unpaired) electrons. The van der Waals surface area contributed by atoms with E-state index in [1.54, 1.807) is 12.3 Å². The lowest BCUT2D eigenvalue weighted by atomic mass is 10.6. The average Bonchev–Trinajstić information content (AvgIpc) is 2.01. The van der Waals surface area contributed by atoms with Crippen molar-refractivity contribution >= 4 is 17.5 Å². The van der Waals surface area contributed by atoms with Gasteiger partial charge in [-0.15, -0.1) is 0 Å². The number of anilines is 1. The molecule has 4 nitrogen and oxygen atoms in total. The Balaban J connectivity index is 2.56. The Morgan fingerprint density at radius 1 is 1.64 bits per heavy atom. The highest BCUT2D eigenvalue weighted by Gasteiger charge is 1.93. The molecule has 3 N–H and O–H groups in total. The molecule has 0 fully saturated rings. The van der Waals surface area contributed by atoms with E-state index >= 15 is 0 Å². The predicted molar refractivity (Wildman–Crippen MR) is 44.6 cm³/mol. The van der Waals surface area contributed by atoms with Gasteiger partial charge in [0.25, 0.3) is 0 Å². The highest BCUT2D eigenvalue weighted by atomic mass is 35.5. The summed E-state index contributed by atoms with van der Waals surface area (Å²) in [6.45, 7) is 1.20. The van der Waals surface area contributed by atoms with Crippen LogP contribution in [0.2, 0.25) is 5.15 Å². The van der Waals surface area contributed by atoms with Gasteiger partial charge in [0.15, 0.2) is 0 Å². The summed E-state index contributed by atoms with van der Waals surface area (Å²) in [5.74, 6) is 0.517. The van der Waals surface area contributed by atoms with Gasteiger partial charge >= 0.3 is 0 Å². The van der Waals surface area contributed by atoms with Gasteiger partial charge in [0, 0.05) is 19.3 Å². The quantitative estimate of drug-likeness (QED) is 0.652. The first kappa shape index (κ1) is 8.23. The molecule has 1 aromatic heterocycles. The predicted octanol–water partition coefficient (Wildman–Crippen LogP) is 0.501. The molecule has 0 saturated heterocycles. The van der Waals surface area contributed by atoms with E-state index in [0.29, 0.717) is 24.2 Å². The summed E-state index contributed by atoms with van der Waals surface area (Å²) in [6, 6.07) is 1.62. The monoisotopic (exact) mass is 172 g/mol. The second kappa shape index (κ2) is 4.10. The average molecular weight is 173 g/mol. The second-order valence-corrected chi connectivity index (χ2v) is 2.31. The van der Waals surface area contributed by atoms with Crippen molar-refractivity contribution in [1.29, 1.82) is 0 Å². The van der Waals surface area contributed by atoms with Crippen LogP contribution in [0.4, 0.5) is 5.95 Å². The van der Waals surface area contributed by atoms with Crippen molar-refractivity contribution in [2.45, 2.75) is 0 Å². The van der Waals surface area contributed by atoms with Crippen LogP contribution in [0, 0.1) is 0 Å². The van der Waals surface area contributed by atoms with E-state index < -0.39 is 0 Å². The third kappa shape index (κ3) is 2.69. The molecule has 1 rings (SSSR count). The first-order valence-electron chi connectivity index (χ1n) is 3.25. The highest BCUT2D eigenvalue weighted by Crippen LogP contribution is 2.04. The van der Waals surface area contributed by atoms with Crippen LogP contribution in [0.15, 0.2) is 12.3 Å². The van der Waals surface area contributed by atoms with E-state index in [0.717, 1.165) is 0 Å². The Kier molecular flexibility index (Phi) is 3.07. The SMILES string of the molecule is NCCNc1nccc(Cl)n1. The Labute approximate surface area is 69.8 Å². The minimum absolute atomic E-state index is 0.430. The fraction of sp³-hybridized carbons (Fsp3) is 0.333. The molecular weight excluding hydrogens is 164 g/mol. The molecule has 1 heterocycles. The van der Waals surface area contributed by atoms with Crippen LogP contribution in [0.1, 0.15) is 0 Å². The van der Waals surface area contributed by atoms with Crippen molar-refractivity contribution in [2.75, 3.05) is 18.4 Å². The third-order valence-corrected chi connectivity index (χ3v) is 1.26. The van der Waals surface area contributed by atoms with Crippen molar-refractivity contribution in [3.63, 3.8) is 0 Å². The summed E-state index contributed by atoms with van der Waals surface area (Å²) in [7, 11) is 0. The number of hydrogen-bond donors (Lipinski definition) is 2.